The summed E-state index contributed by atoms with van der Waals surface area (Å²) in [4.78, 5) is 16.6. The van der Waals surface area contributed by atoms with Crippen LogP contribution in [0.5, 0.6) is 0 Å². The van der Waals surface area contributed by atoms with E-state index in [4.69, 9.17) is 5.11 Å². The van der Waals surface area contributed by atoms with Crippen molar-refractivity contribution in [3.63, 3.8) is 0 Å². The highest BCUT2D eigenvalue weighted by atomic mass is 19.4. The Morgan fingerprint density at radius 1 is 1.41 bits per heavy atom. The zero-order valence-corrected chi connectivity index (χ0v) is 14.9. The zero-order valence-electron chi connectivity index (χ0n) is 14.9. The van der Waals surface area contributed by atoms with Crippen molar-refractivity contribution in [2.45, 2.75) is 38.4 Å². The highest BCUT2D eigenvalue weighted by molar-refractivity contribution is 6.00. The second kappa shape index (κ2) is 7.68. The molecule has 2 atom stereocenters. The van der Waals surface area contributed by atoms with Crippen LogP contribution >= 0.6 is 0 Å². The maximum absolute atomic E-state index is 12.9. The molecule has 1 aliphatic carbocycles. The first-order valence-corrected chi connectivity index (χ1v) is 8.86. The highest BCUT2D eigenvalue weighted by Gasteiger charge is 2.39. The minimum atomic E-state index is -4.17. The molecule has 1 aliphatic rings. The molecule has 2 aromatic rings. The molecule has 4 nitrogen and oxygen atoms in total. The first kappa shape index (κ1) is 19.4. The molecule has 0 spiro atoms. The molecule has 0 radical (unpaired) electrons. The normalized spacial score (nSPS) is 18.9. The number of aromatic nitrogens is 1. The number of carbonyl (C=O) groups is 1. The van der Waals surface area contributed by atoms with Crippen molar-refractivity contribution in [2.75, 3.05) is 6.61 Å². The van der Waals surface area contributed by atoms with Crippen molar-refractivity contribution in [1.29, 1.82) is 0 Å². The molecule has 144 valence electrons. The third-order valence-corrected chi connectivity index (χ3v) is 4.86. The SMILES string of the molecule is C[C@H](CO)NC(=O)c1cnc2cccc(C3=CCC(C(F)(F)F)CC3)c2c1. The molecule has 3 rings (SSSR count). The molecule has 0 saturated carbocycles. The molecule has 0 bridgehead atoms. The molecular weight excluding hydrogens is 357 g/mol. The second-order valence-corrected chi connectivity index (χ2v) is 6.90. The van der Waals surface area contributed by atoms with E-state index in [1.807, 2.05) is 12.1 Å². The van der Waals surface area contributed by atoms with Crippen LogP contribution in [0.15, 0.2) is 36.5 Å². The van der Waals surface area contributed by atoms with Crippen LogP contribution in [0.25, 0.3) is 16.5 Å². The van der Waals surface area contributed by atoms with Crippen LogP contribution in [0.1, 0.15) is 42.1 Å². The van der Waals surface area contributed by atoms with Gasteiger partial charge in [-0.05, 0) is 49.5 Å². The van der Waals surface area contributed by atoms with Crippen LogP contribution in [0.2, 0.25) is 0 Å². The van der Waals surface area contributed by atoms with Crippen molar-refractivity contribution in [2.24, 2.45) is 5.92 Å². The lowest BCUT2D eigenvalue weighted by molar-refractivity contribution is -0.175. The Morgan fingerprint density at radius 3 is 2.81 bits per heavy atom. The molecule has 1 aromatic heterocycles. The van der Waals surface area contributed by atoms with E-state index >= 15 is 0 Å². The number of benzene rings is 1. The number of nitrogens with one attached hydrogen (secondary N) is 1. The molecule has 1 heterocycles. The minimum absolute atomic E-state index is 0.0309. The first-order valence-electron chi connectivity index (χ1n) is 8.86. The number of fused-ring (bicyclic) bond motifs is 1. The fourth-order valence-electron chi connectivity index (χ4n) is 3.28. The van der Waals surface area contributed by atoms with Crippen molar-refractivity contribution in [3.8, 4) is 0 Å². The smallest absolute Gasteiger partial charge is 0.392 e. The average molecular weight is 378 g/mol. The number of allylic oxidation sites excluding steroid dienone is 2. The van der Waals surface area contributed by atoms with Crippen molar-refractivity contribution < 1.29 is 23.1 Å². The van der Waals surface area contributed by atoms with Gasteiger partial charge in [0.2, 0.25) is 0 Å². The fraction of sp³-hybridized carbons (Fsp3) is 0.400. The number of rotatable bonds is 4. The van der Waals surface area contributed by atoms with Gasteiger partial charge in [-0.25, -0.2) is 0 Å². The van der Waals surface area contributed by atoms with Crippen LogP contribution in [-0.4, -0.2) is 34.8 Å². The van der Waals surface area contributed by atoms with E-state index in [0.717, 1.165) is 16.5 Å². The summed E-state index contributed by atoms with van der Waals surface area (Å²) >= 11 is 0. The number of carbonyl (C=O) groups excluding carboxylic acids is 1. The van der Waals surface area contributed by atoms with Gasteiger partial charge in [0.05, 0.1) is 23.6 Å². The van der Waals surface area contributed by atoms with E-state index in [2.05, 4.69) is 10.3 Å². The Kier molecular flexibility index (Phi) is 5.51. The van der Waals surface area contributed by atoms with Gasteiger partial charge in [0.25, 0.3) is 5.91 Å². The first-order chi connectivity index (χ1) is 12.8. The number of amides is 1. The van der Waals surface area contributed by atoms with Crippen molar-refractivity contribution >= 4 is 22.4 Å². The van der Waals surface area contributed by atoms with Gasteiger partial charge in [-0.3, -0.25) is 9.78 Å². The van der Waals surface area contributed by atoms with E-state index in [9.17, 15) is 18.0 Å². The van der Waals surface area contributed by atoms with Crippen molar-refractivity contribution in [1.82, 2.24) is 10.3 Å². The lowest BCUT2D eigenvalue weighted by Crippen LogP contribution is -2.35. The third-order valence-electron chi connectivity index (χ3n) is 4.86. The summed E-state index contributed by atoms with van der Waals surface area (Å²) in [5.41, 5.74) is 2.69. The molecule has 2 N–H and O–H groups in total. The van der Waals surface area contributed by atoms with Crippen LogP contribution in [-0.2, 0) is 0 Å². The summed E-state index contributed by atoms with van der Waals surface area (Å²) in [5, 5.41) is 12.5. The average Bonchev–Trinajstić information content (AvgIpc) is 2.66. The lowest BCUT2D eigenvalue weighted by atomic mass is 9.85. The molecule has 1 amide bonds. The third kappa shape index (κ3) is 4.30. The van der Waals surface area contributed by atoms with Gasteiger partial charge in [-0.1, -0.05) is 18.2 Å². The van der Waals surface area contributed by atoms with Gasteiger partial charge in [-0.15, -0.1) is 0 Å². The monoisotopic (exact) mass is 378 g/mol. The van der Waals surface area contributed by atoms with Gasteiger partial charge in [-0.2, -0.15) is 13.2 Å². The molecular formula is C20H21F3N2O2. The van der Waals surface area contributed by atoms with Crippen LogP contribution in [0.4, 0.5) is 13.2 Å². The lowest BCUT2D eigenvalue weighted by Gasteiger charge is -2.24. The summed E-state index contributed by atoms with van der Waals surface area (Å²) in [6.45, 7) is 1.51. The van der Waals surface area contributed by atoms with Gasteiger partial charge in [0, 0.05) is 17.6 Å². The summed E-state index contributed by atoms with van der Waals surface area (Å²) in [7, 11) is 0. The largest absolute Gasteiger partial charge is 0.394 e. The fourth-order valence-corrected chi connectivity index (χ4v) is 3.28. The molecule has 0 aliphatic heterocycles. The number of alkyl halides is 3. The molecule has 0 fully saturated rings. The predicted molar refractivity (Wildman–Crippen MR) is 97.1 cm³/mol. The summed E-state index contributed by atoms with van der Waals surface area (Å²) in [6, 6.07) is 6.78. The Labute approximate surface area is 155 Å². The Balaban J connectivity index is 1.93. The van der Waals surface area contributed by atoms with E-state index in [-0.39, 0.29) is 31.4 Å². The van der Waals surface area contributed by atoms with E-state index in [1.165, 1.54) is 6.20 Å². The zero-order chi connectivity index (χ0) is 19.6. The van der Waals surface area contributed by atoms with E-state index in [1.54, 1.807) is 25.1 Å². The number of halogens is 3. The summed E-state index contributed by atoms with van der Waals surface area (Å²) < 4.78 is 38.7. The maximum Gasteiger partial charge on any atom is 0.392 e. The summed E-state index contributed by atoms with van der Waals surface area (Å²) in [5.74, 6) is -1.65. The molecule has 1 aromatic carbocycles. The topological polar surface area (TPSA) is 62.2 Å². The van der Waals surface area contributed by atoms with E-state index < -0.39 is 12.1 Å². The van der Waals surface area contributed by atoms with Crippen LogP contribution < -0.4 is 5.32 Å². The van der Waals surface area contributed by atoms with Gasteiger partial charge < -0.3 is 10.4 Å². The van der Waals surface area contributed by atoms with Gasteiger partial charge in [0.1, 0.15) is 0 Å². The number of aliphatic hydroxyl groups excluding tert-OH is 1. The number of pyridine rings is 1. The van der Waals surface area contributed by atoms with E-state index in [0.29, 0.717) is 17.5 Å². The number of hydrogen-bond donors (Lipinski definition) is 2. The highest BCUT2D eigenvalue weighted by Crippen LogP contribution is 2.40. The predicted octanol–water partition coefficient (Wildman–Crippen LogP) is 4.09. The second-order valence-electron chi connectivity index (χ2n) is 6.90. The van der Waals surface area contributed by atoms with Crippen LogP contribution in [0, 0.1) is 5.92 Å². The standard InChI is InChI=1S/C20H21F3N2O2/c1-12(11-26)25-19(27)14-9-17-16(3-2-4-18(17)24-10-14)13-5-7-15(8-6-13)20(21,22)23/h2-5,9-10,12,15,26H,6-8,11H2,1H3,(H,25,27)/t12-,15?/m1/s1. The van der Waals surface area contributed by atoms with Crippen LogP contribution in [0.3, 0.4) is 0 Å². The Morgan fingerprint density at radius 2 is 2.19 bits per heavy atom. The Hall–Kier alpha value is -2.41. The van der Waals surface area contributed by atoms with Gasteiger partial charge in [0.15, 0.2) is 0 Å². The molecule has 7 heteroatoms. The number of aliphatic hydroxyl groups is 1. The summed E-state index contributed by atoms with van der Waals surface area (Å²) in [6.07, 6.45) is -0.695. The maximum atomic E-state index is 12.9. The quantitative estimate of drug-likeness (QED) is 0.842. The molecule has 27 heavy (non-hydrogen) atoms. The van der Waals surface area contributed by atoms with Crippen molar-refractivity contribution in [3.05, 3.63) is 47.7 Å². The molecule has 1 unspecified atom stereocenters. The number of hydrogen-bond acceptors (Lipinski definition) is 3. The minimum Gasteiger partial charge on any atom is -0.394 e. The van der Waals surface area contributed by atoms with Gasteiger partial charge >= 0.3 is 6.18 Å². The number of nitrogens with zero attached hydrogens (tertiary/aromatic N) is 1. The molecule has 0 saturated heterocycles. The Bertz CT molecular complexity index is 877.